The first-order valence-electron chi connectivity index (χ1n) is 7.95. The molecule has 0 bridgehead atoms. The Bertz CT molecular complexity index is 855. The van der Waals surface area contributed by atoms with Gasteiger partial charge in [0.2, 0.25) is 0 Å². The number of hydrogen-bond donors (Lipinski definition) is 0. The Balaban J connectivity index is 1.58. The van der Waals surface area contributed by atoms with E-state index in [0.29, 0.717) is 18.0 Å². The number of para-hydroxylation sites is 2. The van der Waals surface area contributed by atoms with Crippen molar-refractivity contribution in [3.8, 4) is 17.5 Å². The fourth-order valence-electron chi connectivity index (χ4n) is 2.60. The van der Waals surface area contributed by atoms with E-state index in [-0.39, 0.29) is 11.6 Å². The van der Waals surface area contributed by atoms with Crippen LogP contribution in [0.4, 0.5) is 0 Å². The van der Waals surface area contributed by atoms with Crippen LogP contribution in [0.2, 0.25) is 0 Å². The van der Waals surface area contributed by atoms with Gasteiger partial charge in [-0.3, -0.25) is 9.36 Å². The molecule has 0 spiro atoms. The number of benzene rings is 2. The van der Waals surface area contributed by atoms with Crippen LogP contribution in [0, 0.1) is 0 Å². The van der Waals surface area contributed by atoms with Crippen molar-refractivity contribution in [3.63, 3.8) is 0 Å². The SMILES string of the molecule is O=c1ccn2c(n1)OC(C(Oc1ccccc1)Oc1ccccc1)C2. The molecule has 1 atom stereocenters. The minimum atomic E-state index is -0.693. The molecule has 4 rings (SSSR count). The highest BCUT2D eigenvalue weighted by Gasteiger charge is 2.34. The highest BCUT2D eigenvalue weighted by molar-refractivity contribution is 5.23. The van der Waals surface area contributed by atoms with Crippen LogP contribution in [0.15, 0.2) is 77.7 Å². The minimum absolute atomic E-state index is 0.274. The Morgan fingerprint density at radius 1 is 0.960 bits per heavy atom. The minimum Gasteiger partial charge on any atom is -0.451 e. The summed E-state index contributed by atoms with van der Waals surface area (Å²) >= 11 is 0. The van der Waals surface area contributed by atoms with Crippen molar-refractivity contribution in [3.05, 3.63) is 83.3 Å². The normalized spacial score (nSPS) is 15.5. The Morgan fingerprint density at radius 2 is 1.56 bits per heavy atom. The molecule has 0 aliphatic carbocycles. The van der Waals surface area contributed by atoms with Crippen LogP contribution < -0.4 is 19.8 Å². The van der Waals surface area contributed by atoms with Crippen LogP contribution in [0.25, 0.3) is 0 Å². The molecule has 0 saturated heterocycles. The molecule has 1 aromatic heterocycles. The van der Waals surface area contributed by atoms with Gasteiger partial charge >= 0.3 is 0 Å². The highest BCUT2D eigenvalue weighted by atomic mass is 16.7. The molecule has 2 heterocycles. The summed E-state index contributed by atoms with van der Waals surface area (Å²) in [5.74, 6) is 1.34. The number of fused-ring (bicyclic) bond motifs is 1. The maximum absolute atomic E-state index is 11.4. The van der Waals surface area contributed by atoms with E-state index in [1.54, 1.807) is 10.8 Å². The Hall–Kier alpha value is -3.28. The largest absolute Gasteiger partial charge is 0.451 e. The average Bonchev–Trinajstić information content (AvgIpc) is 3.06. The Labute approximate surface area is 144 Å². The van der Waals surface area contributed by atoms with E-state index in [4.69, 9.17) is 14.2 Å². The lowest BCUT2D eigenvalue weighted by molar-refractivity contribution is -0.0689. The van der Waals surface area contributed by atoms with Gasteiger partial charge in [-0.2, -0.15) is 4.98 Å². The second-order valence-electron chi connectivity index (χ2n) is 5.59. The monoisotopic (exact) mass is 336 g/mol. The van der Waals surface area contributed by atoms with Gasteiger partial charge in [0.05, 0.1) is 6.54 Å². The van der Waals surface area contributed by atoms with Gasteiger partial charge in [0.15, 0.2) is 6.10 Å². The molecule has 6 nitrogen and oxygen atoms in total. The van der Waals surface area contributed by atoms with Gasteiger partial charge in [0.25, 0.3) is 17.9 Å². The van der Waals surface area contributed by atoms with Gasteiger partial charge in [-0.15, -0.1) is 0 Å². The summed E-state index contributed by atoms with van der Waals surface area (Å²) < 4.78 is 19.6. The van der Waals surface area contributed by atoms with Gasteiger partial charge in [-0.1, -0.05) is 36.4 Å². The third-order valence-electron chi connectivity index (χ3n) is 3.78. The summed E-state index contributed by atoms with van der Waals surface area (Å²) in [5, 5.41) is 0. The van der Waals surface area contributed by atoms with E-state index in [1.807, 2.05) is 60.7 Å². The number of nitrogens with zero attached hydrogens (tertiary/aromatic N) is 2. The lowest BCUT2D eigenvalue weighted by Crippen LogP contribution is -2.40. The van der Waals surface area contributed by atoms with E-state index in [0.717, 1.165) is 0 Å². The first-order valence-corrected chi connectivity index (χ1v) is 7.95. The Morgan fingerprint density at radius 3 is 2.16 bits per heavy atom. The fourth-order valence-corrected chi connectivity index (χ4v) is 2.60. The predicted molar refractivity (Wildman–Crippen MR) is 90.8 cm³/mol. The first-order chi connectivity index (χ1) is 12.3. The van der Waals surface area contributed by atoms with Gasteiger partial charge in [0, 0.05) is 12.3 Å². The van der Waals surface area contributed by atoms with Gasteiger partial charge in [0.1, 0.15) is 11.5 Å². The molecule has 1 unspecified atom stereocenters. The molecule has 126 valence electrons. The summed E-state index contributed by atoms with van der Waals surface area (Å²) in [5.41, 5.74) is -0.337. The second kappa shape index (κ2) is 6.68. The van der Waals surface area contributed by atoms with E-state index in [2.05, 4.69) is 4.98 Å². The quantitative estimate of drug-likeness (QED) is 0.670. The van der Waals surface area contributed by atoms with Gasteiger partial charge in [-0.05, 0) is 24.3 Å². The lowest BCUT2D eigenvalue weighted by Gasteiger charge is -2.24. The molecule has 3 aromatic rings. The van der Waals surface area contributed by atoms with Crippen molar-refractivity contribution in [2.45, 2.75) is 18.9 Å². The topological polar surface area (TPSA) is 62.6 Å². The molecular formula is C19H16N2O4. The smallest absolute Gasteiger partial charge is 0.300 e. The molecule has 0 amide bonds. The van der Waals surface area contributed by atoms with E-state index < -0.39 is 12.4 Å². The average molecular weight is 336 g/mol. The molecule has 0 radical (unpaired) electrons. The van der Waals surface area contributed by atoms with Crippen LogP contribution in [0.3, 0.4) is 0 Å². The maximum atomic E-state index is 11.4. The molecule has 0 saturated carbocycles. The van der Waals surface area contributed by atoms with Gasteiger partial charge < -0.3 is 14.2 Å². The maximum Gasteiger partial charge on any atom is 0.300 e. The van der Waals surface area contributed by atoms with E-state index >= 15 is 0 Å². The molecule has 0 N–H and O–H groups in total. The fraction of sp³-hybridized carbons (Fsp3) is 0.158. The molecule has 2 aromatic carbocycles. The first kappa shape index (κ1) is 15.3. The molecule has 0 fully saturated rings. The molecule has 1 aliphatic rings. The highest BCUT2D eigenvalue weighted by Crippen LogP contribution is 2.24. The summed E-state index contributed by atoms with van der Waals surface area (Å²) in [4.78, 5) is 15.3. The zero-order valence-electron chi connectivity index (χ0n) is 13.3. The van der Waals surface area contributed by atoms with Crippen LogP contribution >= 0.6 is 0 Å². The zero-order chi connectivity index (χ0) is 17.1. The zero-order valence-corrected chi connectivity index (χ0v) is 13.3. The third kappa shape index (κ3) is 3.47. The Kier molecular flexibility index (Phi) is 4.08. The summed E-state index contributed by atoms with van der Waals surface area (Å²) in [6, 6.07) is 20.5. The number of aromatic nitrogens is 2. The predicted octanol–water partition coefficient (Wildman–Crippen LogP) is 2.49. The lowest BCUT2D eigenvalue weighted by atomic mass is 10.3. The molecular weight excluding hydrogens is 320 g/mol. The van der Waals surface area contributed by atoms with Gasteiger partial charge in [-0.25, -0.2) is 0 Å². The van der Waals surface area contributed by atoms with Crippen molar-refractivity contribution in [2.75, 3.05) is 0 Å². The molecule has 1 aliphatic heterocycles. The molecule has 6 heteroatoms. The van der Waals surface area contributed by atoms with Crippen LogP contribution in [0.1, 0.15) is 0 Å². The van der Waals surface area contributed by atoms with Crippen molar-refractivity contribution >= 4 is 0 Å². The number of rotatable bonds is 5. The summed E-state index contributed by atoms with van der Waals surface area (Å²) in [6.45, 7) is 0.479. The summed E-state index contributed by atoms with van der Waals surface area (Å²) in [6.07, 6.45) is 0.531. The second-order valence-corrected chi connectivity index (χ2v) is 5.59. The van der Waals surface area contributed by atoms with Crippen LogP contribution in [0.5, 0.6) is 17.5 Å². The van der Waals surface area contributed by atoms with Crippen LogP contribution in [-0.2, 0) is 6.54 Å². The number of hydrogen-bond acceptors (Lipinski definition) is 5. The van der Waals surface area contributed by atoms with Crippen molar-refractivity contribution in [1.29, 1.82) is 0 Å². The third-order valence-corrected chi connectivity index (χ3v) is 3.78. The summed E-state index contributed by atoms with van der Waals surface area (Å²) in [7, 11) is 0. The molecule has 25 heavy (non-hydrogen) atoms. The van der Waals surface area contributed by atoms with Crippen molar-refractivity contribution < 1.29 is 14.2 Å². The van der Waals surface area contributed by atoms with Crippen LogP contribution in [-0.4, -0.2) is 21.9 Å². The van der Waals surface area contributed by atoms with Crippen molar-refractivity contribution in [1.82, 2.24) is 9.55 Å². The van der Waals surface area contributed by atoms with E-state index in [9.17, 15) is 4.79 Å². The number of ether oxygens (including phenoxy) is 3. The standard InChI is InChI=1S/C19H16N2O4/c22-17-11-12-21-13-16(25-19(21)20-17)18(23-14-7-3-1-4-8-14)24-15-9-5-2-6-10-15/h1-12,16,18H,13H2. The van der Waals surface area contributed by atoms with E-state index in [1.165, 1.54) is 6.07 Å². The van der Waals surface area contributed by atoms with Crippen molar-refractivity contribution in [2.24, 2.45) is 0 Å².